The van der Waals surface area contributed by atoms with Crippen LogP contribution in [0.5, 0.6) is 5.75 Å². The smallest absolute Gasteiger partial charge is 0.264 e. The number of sulfonamides is 1. The van der Waals surface area contributed by atoms with Crippen LogP contribution in [0.1, 0.15) is 5.56 Å². The minimum atomic E-state index is -3.70. The summed E-state index contributed by atoms with van der Waals surface area (Å²) in [6, 6.07) is 23.8. The third-order valence-electron chi connectivity index (χ3n) is 4.32. The van der Waals surface area contributed by atoms with Crippen LogP contribution in [0.2, 0.25) is 0 Å². The topological polar surface area (TPSA) is 46.6 Å². The lowest BCUT2D eigenvalue weighted by molar-refractivity contribution is 0.306. The van der Waals surface area contributed by atoms with Gasteiger partial charge in [0.15, 0.2) is 0 Å². The fraction of sp³-hybridized carbons (Fsp3) is 0.130. The first-order valence-corrected chi connectivity index (χ1v) is 11.8. The molecule has 0 aliphatic rings. The molecule has 6 heteroatoms. The van der Waals surface area contributed by atoms with Crippen molar-refractivity contribution in [2.24, 2.45) is 0 Å². The van der Waals surface area contributed by atoms with E-state index in [0.29, 0.717) is 18.0 Å². The summed E-state index contributed by atoms with van der Waals surface area (Å²) in [5.74, 6) is 0.679. The highest BCUT2D eigenvalue weighted by Crippen LogP contribution is 2.27. The molecular formula is C23H23NO3S2. The summed E-state index contributed by atoms with van der Waals surface area (Å²) in [6.45, 7) is 4.34. The number of benzene rings is 3. The van der Waals surface area contributed by atoms with Crippen LogP contribution < -0.4 is 9.04 Å². The van der Waals surface area contributed by atoms with Crippen LogP contribution in [-0.4, -0.2) is 21.2 Å². The molecule has 0 aromatic heterocycles. The van der Waals surface area contributed by atoms with Gasteiger partial charge in [0.1, 0.15) is 12.4 Å². The molecular weight excluding hydrogens is 402 g/mol. The highest BCUT2D eigenvalue weighted by molar-refractivity contribution is 7.98. The lowest BCUT2D eigenvalue weighted by Gasteiger charge is -2.23. The Balaban J connectivity index is 1.79. The van der Waals surface area contributed by atoms with E-state index in [1.807, 2.05) is 48.7 Å². The molecule has 150 valence electrons. The lowest BCUT2D eigenvalue weighted by Crippen LogP contribution is -2.31. The van der Waals surface area contributed by atoms with Crippen molar-refractivity contribution < 1.29 is 13.2 Å². The van der Waals surface area contributed by atoms with Gasteiger partial charge in [0.05, 0.1) is 17.1 Å². The molecule has 0 aliphatic carbocycles. The van der Waals surface area contributed by atoms with Crippen LogP contribution in [-0.2, 0) is 16.6 Å². The van der Waals surface area contributed by atoms with Gasteiger partial charge in [0.2, 0.25) is 0 Å². The van der Waals surface area contributed by atoms with Gasteiger partial charge in [-0.1, -0.05) is 36.4 Å². The molecule has 0 aliphatic heterocycles. The van der Waals surface area contributed by atoms with E-state index in [-0.39, 0.29) is 11.4 Å². The Bertz CT molecular complexity index is 1030. The predicted octanol–water partition coefficient (Wildman–Crippen LogP) is 5.37. The first-order valence-electron chi connectivity index (χ1n) is 9.09. The van der Waals surface area contributed by atoms with Crippen LogP contribution in [0.4, 0.5) is 5.69 Å². The number of ether oxygens (including phenoxy) is 1. The van der Waals surface area contributed by atoms with Crippen molar-refractivity contribution in [3.8, 4) is 5.75 Å². The van der Waals surface area contributed by atoms with Crippen LogP contribution in [0.15, 0.2) is 101 Å². The third kappa shape index (κ3) is 5.22. The average molecular weight is 426 g/mol. The first kappa shape index (κ1) is 21.0. The largest absolute Gasteiger partial charge is 0.489 e. The van der Waals surface area contributed by atoms with Gasteiger partial charge < -0.3 is 4.74 Å². The average Bonchev–Trinajstić information content (AvgIpc) is 2.77. The molecule has 3 aromatic rings. The predicted molar refractivity (Wildman–Crippen MR) is 120 cm³/mol. The van der Waals surface area contributed by atoms with E-state index in [1.165, 1.54) is 4.31 Å². The monoisotopic (exact) mass is 425 g/mol. The number of anilines is 1. The van der Waals surface area contributed by atoms with E-state index < -0.39 is 10.0 Å². The Hall–Kier alpha value is -2.70. The van der Waals surface area contributed by atoms with E-state index in [4.69, 9.17) is 4.74 Å². The minimum Gasteiger partial charge on any atom is -0.489 e. The van der Waals surface area contributed by atoms with Gasteiger partial charge in [0, 0.05) is 4.90 Å². The molecule has 0 N–H and O–H groups in total. The maximum absolute atomic E-state index is 13.2. The molecule has 0 atom stereocenters. The minimum absolute atomic E-state index is 0.177. The Kier molecular flexibility index (Phi) is 7.01. The molecule has 0 heterocycles. The van der Waals surface area contributed by atoms with E-state index in [0.717, 1.165) is 10.5 Å². The molecule has 0 bridgehead atoms. The van der Waals surface area contributed by atoms with Gasteiger partial charge in [0.25, 0.3) is 10.0 Å². The van der Waals surface area contributed by atoms with Crippen molar-refractivity contribution in [3.63, 3.8) is 0 Å². The maximum Gasteiger partial charge on any atom is 0.264 e. The van der Waals surface area contributed by atoms with Crippen molar-refractivity contribution >= 4 is 27.5 Å². The zero-order valence-corrected chi connectivity index (χ0v) is 17.8. The summed E-state index contributed by atoms with van der Waals surface area (Å²) in [6.07, 6.45) is 3.53. The van der Waals surface area contributed by atoms with Gasteiger partial charge in [-0.3, -0.25) is 4.31 Å². The third-order valence-corrected chi connectivity index (χ3v) is 6.87. The maximum atomic E-state index is 13.2. The van der Waals surface area contributed by atoms with Crippen LogP contribution in [0, 0.1) is 0 Å². The second kappa shape index (κ2) is 9.67. The fourth-order valence-electron chi connectivity index (χ4n) is 2.78. The Morgan fingerprint density at radius 1 is 0.966 bits per heavy atom. The molecule has 0 amide bonds. The molecule has 0 radical (unpaired) electrons. The Labute approximate surface area is 176 Å². The summed E-state index contributed by atoms with van der Waals surface area (Å²) < 4.78 is 33.5. The van der Waals surface area contributed by atoms with Crippen LogP contribution >= 0.6 is 11.8 Å². The molecule has 0 fully saturated rings. The van der Waals surface area contributed by atoms with Crippen molar-refractivity contribution in [1.82, 2.24) is 0 Å². The van der Waals surface area contributed by atoms with Crippen molar-refractivity contribution in [2.75, 3.05) is 17.1 Å². The van der Waals surface area contributed by atoms with Crippen molar-refractivity contribution in [1.29, 1.82) is 0 Å². The first-order chi connectivity index (χ1) is 14.0. The van der Waals surface area contributed by atoms with E-state index in [1.54, 1.807) is 54.2 Å². The summed E-state index contributed by atoms with van der Waals surface area (Å²) >= 11 is 1.57. The quantitative estimate of drug-likeness (QED) is 0.342. The standard InChI is InChI=1S/C23H23NO3S2/c1-3-17-24(29(25,26)23-15-13-22(28-2)14-16-23)20-9-11-21(12-10-20)27-18-19-7-5-4-6-8-19/h3-16H,1,17-18H2,2H3. The molecule has 3 rings (SSSR count). The number of nitrogens with zero attached hydrogens (tertiary/aromatic N) is 1. The van der Waals surface area contributed by atoms with Gasteiger partial charge in [-0.05, 0) is 60.4 Å². The highest BCUT2D eigenvalue weighted by Gasteiger charge is 2.24. The molecule has 0 unspecified atom stereocenters. The van der Waals surface area contributed by atoms with E-state index >= 15 is 0 Å². The SMILES string of the molecule is C=CCN(c1ccc(OCc2ccccc2)cc1)S(=O)(=O)c1ccc(SC)cc1. The van der Waals surface area contributed by atoms with Crippen LogP contribution in [0.3, 0.4) is 0 Å². The zero-order chi connectivity index (χ0) is 20.7. The molecule has 3 aromatic carbocycles. The second-order valence-electron chi connectivity index (χ2n) is 6.27. The Morgan fingerprint density at radius 3 is 2.21 bits per heavy atom. The summed E-state index contributed by atoms with van der Waals surface area (Å²) in [4.78, 5) is 1.26. The normalized spacial score (nSPS) is 11.1. The molecule has 0 spiro atoms. The van der Waals surface area contributed by atoms with Crippen molar-refractivity contribution in [3.05, 3.63) is 97.1 Å². The van der Waals surface area contributed by atoms with Gasteiger partial charge >= 0.3 is 0 Å². The molecule has 0 saturated carbocycles. The lowest BCUT2D eigenvalue weighted by atomic mass is 10.2. The molecule has 29 heavy (non-hydrogen) atoms. The summed E-state index contributed by atoms with van der Waals surface area (Å²) in [7, 11) is -3.70. The fourth-order valence-corrected chi connectivity index (χ4v) is 4.63. The number of thioether (sulfide) groups is 1. The summed E-state index contributed by atoms with van der Waals surface area (Å²) in [5, 5.41) is 0. The Morgan fingerprint density at radius 2 is 1.62 bits per heavy atom. The molecule has 4 nitrogen and oxygen atoms in total. The number of hydrogen-bond acceptors (Lipinski definition) is 4. The van der Waals surface area contributed by atoms with Gasteiger partial charge in [-0.2, -0.15) is 0 Å². The highest BCUT2D eigenvalue weighted by atomic mass is 32.2. The number of hydrogen-bond donors (Lipinski definition) is 0. The van der Waals surface area contributed by atoms with E-state index in [2.05, 4.69) is 6.58 Å². The second-order valence-corrected chi connectivity index (χ2v) is 9.01. The number of rotatable bonds is 9. The van der Waals surface area contributed by atoms with Crippen LogP contribution in [0.25, 0.3) is 0 Å². The van der Waals surface area contributed by atoms with E-state index in [9.17, 15) is 8.42 Å². The van der Waals surface area contributed by atoms with Crippen molar-refractivity contribution in [2.45, 2.75) is 16.4 Å². The summed E-state index contributed by atoms with van der Waals surface area (Å²) in [5.41, 5.74) is 1.63. The van der Waals surface area contributed by atoms with Gasteiger partial charge in [-0.15, -0.1) is 18.3 Å². The van der Waals surface area contributed by atoms with Gasteiger partial charge in [-0.25, -0.2) is 8.42 Å². The zero-order valence-electron chi connectivity index (χ0n) is 16.2. The molecule has 0 saturated heterocycles.